The fourth-order valence-electron chi connectivity index (χ4n) is 3.44. The van der Waals surface area contributed by atoms with Gasteiger partial charge in [0.05, 0.1) is 17.1 Å². The molecule has 0 aromatic heterocycles. The summed E-state index contributed by atoms with van der Waals surface area (Å²) in [5, 5.41) is 16.2. The van der Waals surface area contributed by atoms with Crippen LogP contribution in [-0.2, 0) is 24.0 Å². The third-order valence-corrected chi connectivity index (χ3v) is 4.96. The van der Waals surface area contributed by atoms with Crippen LogP contribution in [0.5, 0.6) is 0 Å². The highest BCUT2D eigenvalue weighted by Crippen LogP contribution is 2.47. The lowest BCUT2D eigenvalue weighted by atomic mass is 9.94. The van der Waals surface area contributed by atoms with Crippen LogP contribution in [0.25, 0.3) is 0 Å². The Morgan fingerprint density at radius 3 is 2.56 bits per heavy atom. The highest BCUT2D eigenvalue weighted by Gasteiger charge is 2.50. The van der Waals surface area contributed by atoms with E-state index in [1.165, 1.54) is 6.07 Å². The molecule has 1 aromatic rings. The van der Waals surface area contributed by atoms with Crippen LogP contribution in [-0.4, -0.2) is 31.8 Å². The van der Waals surface area contributed by atoms with Crippen LogP contribution in [0.4, 0.5) is 5.69 Å². The Morgan fingerprint density at radius 2 is 1.92 bits per heavy atom. The standard InChI is InChI=1S/C15H20N2O7S/c16-25(20,21)22-10-13-14(11-6-2-3-7-12(11)17(18)19)24-15(23-13)8-4-1-5-9-15/h2-3,6-7,13-14H,1,4-5,8-10H2,(H2,16,20,21)/t13-,14-/m1/s1. The molecule has 2 fully saturated rings. The average molecular weight is 372 g/mol. The summed E-state index contributed by atoms with van der Waals surface area (Å²) in [4.78, 5) is 10.8. The first-order valence-corrected chi connectivity index (χ1v) is 9.53. The van der Waals surface area contributed by atoms with Crippen molar-refractivity contribution in [2.75, 3.05) is 6.61 Å². The van der Waals surface area contributed by atoms with Gasteiger partial charge in [-0.05, 0) is 18.9 Å². The second-order valence-corrected chi connectivity index (χ2v) is 7.48. The topological polar surface area (TPSA) is 131 Å². The molecule has 0 bridgehead atoms. The number of ether oxygens (including phenoxy) is 2. The van der Waals surface area contributed by atoms with E-state index in [1.807, 2.05) is 0 Å². The van der Waals surface area contributed by atoms with Crippen molar-refractivity contribution in [2.45, 2.75) is 50.1 Å². The van der Waals surface area contributed by atoms with Gasteiger partial charge in [0.1, 0.15) is 12.2 Å². The molecule has 1 saturated carbocycles. The van der Waals surface area contributed by atoms with Gasteiger partial charge < -0.3 is 9.47 Å². The van der Waals surface area contributed by atoms with Crippen molar-refractivity contribution in [3.63, 3.8) is 0 Å². The molecule has 3 rings (SSSR count). The fourth-order valence-corrected chi connectivity index (χ4v) is 3.76. The van der Waals surface area contributed by atoms with Crippen molar-refractivity contribution in [3.8, 4) is 0 Å². The number of benzene rings is 1. The minimum Gasteiger partial charge on any atom is -0.341 e. The summed E-state index contributed by atoms with van der Waals surface area (Å²) in [6.07, 6.45) is 2.56. The van der Waals surface area contributed by atoms with Gasteiger partial charge in [-0.3, -0.25) is 14.3 Å². The average Bonchev–Trinajstić information content (AvgIpc) is 2.91. The number of hydrogen-bond acceptors (Lipinski definition) is 7. The van der Waals surface area contributed by atoms with Crippen molar-refractivity contribution in [3.05, 3.63) is 39.9 Å². The first kappa shape index (κ1) is 18.2. The summed E-state index contributed by atoms with van der Waals surface area (Å²) >= 11 is 0. The molecule has 1 aliphatic carbocycles. The van der Waals surface area contributed by atoms with E-state index in [9.17, 15) is 18.5 Å². The monoisotopic (exact) mass is 372 g/mol. The maximum Gasteiger partial charge on any atom is 0.333 e. The number of rotatable bonds is 5. The Labute approximate surface area is 145 Å². The Bertz CT molecular complexity index is 746. The second-order valence-electron chi connectivity index (χ2n) is 6.26. The van der Waals surface area contributed by atoms with Gasteiger partial charge in [0, 0.05) is 18.9 Å². The zero-order valence-corrected chi connectivity index (χ0v) is 14.3. The molecule has 2 N–H and O–H groups in total. The normalized spacial score (nSPS) is 26.0. The van der Waals surface area contributed by atoms with Crippen molar-refractivity contribution >= 4 is 16.0 Å². The summed E-state index contributed by atoms with van der Waals surface area (Å²) in [7, 11) is -4.16. The quantitative estimate of drug-likeness (QED) is 0.617. The van der Waals surface area contributed by atoms with Crippen LogP contribution in [0, 0.1) is 10.1 Å². The molecule has 138 valence electrons. The molecule has 1 heterocycles. The highest BCUT2D eigenvalue weighted by molar-refractivity contribution is 7.84. The molecule has 0 unspecified atom stereocenters. The maximum absolute atomic E-state index is 11.3. The van der Waals surface area contributed by atoms with Crippen molar-refractivity contribution in [1.82, 2.24) is 0 Å². The molecule has 1 aromatic carbocycles. The van der Waals surface area contributed by atoms with E-state index in [1.54, 1.807) is 18.2 Å². The minimum absolute atomic E-state index is 0.107. The molecule has 0 radical (unpaired) electrons. The van der Waals surface area contributed by atoms with Gasteiger partial charge >= 0.3 is 10.3 Å². The van der Waals surface area contributed by atoms with Gasteiger partial charge in [0.25, 0.3) is 5.69 Å². The van der Waals surface area contributed by atoms with Crippen molar-refractivity contribution in [2.24, 2.45) is 5.14 Å². The van der Waals surface area contributed by atoms with Crippen molar-refractivity contribution in [1.29, 1.82) is 0 Å². The number of nitrogens with two attached hydrogens (primary N) is 1. The van der Waals surface area contributed by atoms with Gasteiger partial charge in [-0.25, -0.2) is 5.14 Å². The maximum atomic E-state index is 11.3. The zero-order valence-electron chi connectivity index (χ0n) is 13.5. The van der Waals surface area contributed by atoms with Gasteiger partial charge in [0.15, 0.2) is 5.79 Å². The van der Waals surface area contributed by atoms with E-state index in [2.05, 4.69) is 4.18 Å². The summed E-state index contributed by atoms with van der Waals surface area (Å²) < 4.78 is 39.0. The predicted octanol–water partition coefficient (Wildman–Crippen LogP) is 1.93. The van der Waals surface area contributed by atoms with E-state index in [0.717, 1.165) is 19.3 Å². The number of para-hydroxylation sites is 1. The van der Waals surface area contributed by atoms with E-state index in [-0.39, 0.29) is 12.3 Å². The fraction of sp³-hybridized carbons (Fsp3) is 0.600. The van der Waals surface area contributed by atoms with Crippen LogP contribution in [0.2, 0.25) is 0 Å². The SMILES string of the molecule is NS(=O)(=O)OC[C@H]1OC2(CCCCC2)O[C@@H]1c1ccccc1[N+](=O)[O-]. The lowest BCUT2D eigenvalue weighted by Crippen LogP contribution is -2.34. The lowest BCUT2D eigenvalue weighted by molar-refractivity contribution is -0.386. The van der Waals surface area contributed by atoms with E-state index < -0.39 is 33.2 Å². The largest absolute Gasteiger partial charge is 0.341 e. The van der Waals surface area contributed by atoms with Gasteiger partial charge in [0.2, 0.25) is 0 Å². The number of nitrogens with zero attached hydrogens (tertiary/aromatic N) is 1. The van der Waals surface area contributed by atoms with Crippen LogP contribution >= 0.6 is 0 Å². The smallest absolute Gasteiger partial charge is 0.333 e. The molecule has 25 heavy (non-hydrogen) atoms. The Kier molecular flexibility index (Phi) is 5.07. The summed E-state index contributed by atoms with van der Waals surface area (Å²) in [6.45, 7) is -0.364. The van der Waals surface area contributed by atoms with Gasteiger partial charge in [-0.1, -0.05) is 18.6 Å². The molecule has 1 aliphatic heterocycles. The number of nitro benzene ring substituents is 1. The molecule has 10 heteroatoms. The Hall–Kier alpha value is -1.59. The predicted molar refractivity (Wildman–Crippen MR) is 86.7 cm³/mol. The van der Waals surface area contributed by atoms with E-state index in [4.69, 9.17) is 14.6 Å². The number of hydrogen-bond donors (Lipinski definition) is 1. The summed E-state index contributed by atoms with van der Waals surface area (Å²) in [6, 6.07) is 6.18. The first-order valence-electron chi connectivity index (χ1n) is 8.06. The molecule has 9 nitrogen and oxygen atoms in total. The number of nitro groups is 1. The summed E-state index contributed by atoms with van der Waals surface area (Å²) in [5.74, 6) is -0.862. The zero-order chi connectivity index (χ0) is 18.1. The lowest BCUT2D eigenvalue weighted by Gasteiger charge is -2.31. The highest BCUT2D eigenvalue weighted by atomic mass is 32.2. The van der Waals surface area contributed by atoms with Crippen LogP contribution in [0.1, 0.15) is 43.8 Å². The van der Waals surface area contributed by atoms with Crippen LogP contribution in [0.3, 0.4) is 0 Å². The van der Waals surface area contributed by atoms with E-state index >= 15 is 0 Å². The van der Waals surface area contributed by atoms with Crippen LogP contribution < -0.4 is 5.14 Å². The first-order chi connectivity index (χ1) is 11.8. The summed E-state index contributed by atoms with van der Waals surface area (Å²) in [5.41, 5.74) is 0.225. The van der Waals surface area contributed by atoms with Crippen molar-refractivity contribution < 1.29 is 27.0 Å². The molecule has 2 atom stereocenters. The second kappa shape index (κ2) is 6.96. The van der Waals surface area contributed by atoms with Crippen LogP contribution in [0.15, 0.2) is 24.3 Å². The molecular weight excluding hydrogens is 352 g/mol. The molecule has 2 aliphatic rings. The molecule has 1 spiro atoms. The molecule has 0 amide bonds. The van der Waals surface area contributed by atoms with E-state index in [0.29, 0.717) is 18.4 Å². The third-order valence-electron chi connectivity index (χ3n) is 4.50. The molecule has 1 saturated heterocycles. The third kappa shape index (κ3) is 4.15. The Balaban J connectivity index is 1.91. The molecular formula is C15H20N2O7S. The minimum atomic E-state index is -4.16. The van der Waals surface area contributed by atoms with Gasteiger partial charge in [-0.2, -0.15) is 8.42 Å². The van der Waals surface area contributed by atoms with Gasteiger partial charge in [-0.15, -0.1) is 0 Å². The Morgan fingerprint density at radius 1 is 1.24 bits per heavy atom.